The number of carbonyl (C=O) groups excluding carboxylic acids is 1. The maximum atomic E-state index is 12.0. The fraction of sp³-hybridized carbons (Fsp3) is 0.111. The minimum absolute atomic E-state index is 0.0883. The maximum Gasteiger partial charge on any atom is 0.262 e. The Morgan fingerprint density at radius 1 is 1.28 bits per heavy atom. The molecule has 1 aromatic heterocycles. The minimum atomic E-state index is -0.248. The van der Waals surface area contributed by atoms with Gasteiger partial charge in [0.15, 0.2) is 11.7 Å². The number of nitrogens with zero attached hydrogens (tertiary/aromatic N) is 1. The molecule has 0 aliphatic carbocycles. The predicted octanol–water partition coefficient (Wildman–Crippen LogP) is 4.37. The lowest BCUT2D eigenvalue weighted by atomic mass is 10.2. The molecule has 0 aliphatic heterocycles. The van der Waals surface area contributed by atoms with Gasteiger partial charge in [0.25, 0.3) is 5.91 Å². The molecule has 0 saturated carbocycles. The Morgan fingerprint density at radius 3 is 2.72 bits per heavy atom. The zero-order chi connectivity index (χ0) is 17.8. The summed E-state index contributed by atoms with van der Waals surface area (Å²) in [5, 5.41) is 5.82. The van der Waals surface area contributed by atoms with Crippen LogP contribution in [0.15, 0.2) is 47.8 Å². The highest BCUT2D eigenvalue weighted by atomic mass is 35.5. The average molecular weight is 374 g/mol. The monoisotopic (exact) mass is 373 g/mol. The highest BCUT2D eigenvalue weighted by Gasteiger charge is 2.08. The van der Waals surface area contributed by atoms with Crippen LogP contribution in [0.5, 0.6) is 5.75 Å². The van der Waals surface area contributed by atoms with E-state index in [0.29, 0.717) is 21.6 Å². The van der Waals surface area contributed by atoms with Crippen molar-refractivity contribution in [2.24, 2.45) is 0 Å². The van der Waals surface area contributed by atoms with Gasteiger partial charge in [0, 0.05) is 21.7 Å². The predicted molar refractivity (Wildman–Crippen MR) is 102 cm³/mol. The third-order valence-corrected chi connectivity index (χ3v) is 4.67. The molecular formula is C18H16ClN3O2S. The Balaban J connectivity index is 1.58. The molecule has 0 bridgehead atoms. The van der Waals surface area contributed by atoms with Crippen molar-refractivity contribution in [1.29, 1.82) is 0 Å². The number of carbonyl (C=O) groups is 1. The van der Waals surface area contributed by atoms with Crippen molar-refractivity contribution >= 4 is 39.7 Å². The van der Waals surface area contributed by atoms with E-state index in [4.69, 9.17) is 22.1 Å². The van der Waals surface area contributed by atoms with Crippen LogP contribution in [0.2, 0.25) is 5.02 Å². The summed E-state index contributed by atoms with van der Waals surface area (Å²) in [6, 6.07) is 12.7. The van der Waals surface area contributed by atoms with Crippen LogP contribution in [0.4, 0.5) is 10.8 Å². The number of rotatable bonds is 5. The summed E-state index contributed by atoms with van der Waals surface area (Å²) in [4.78, 5) is 16.3. The van der Waals surface area contributed by atoms with Crippen LogP contribution in [0.1, 0.15) is 5.56 Å². The number of benzene rings is 2. The summed E-state index contributed by atoms with van der Waals surface area (Å²) in [6.45, 7) is 1.76. The number of amides is 1. The van der Waals surface area contributed by atoms with Gasteiger partial charge in [-0.15, -0.1) is 11.3 Å². The first kappa shape index (κ1) is 17.3. The van der Waals surface area contributed by atoms with E-state index < -0.39 is 0 Å². The van der Waals surface area contributed by atoms with Crippen LogP contribution in [0, 0.1) is 6.92 Å². The van der Waals surface area contributed by atoms with Crippen LogP contribution in [0.3, 0.4) is 0 Å². The summed E-state index contributed by atoms with van der Waals surface area (Å²) in [5.41, 5.74) is 8.91. The molecule has 3 rings (SSSR count). The second kappa shape index (κ2) is 7.55. The molecule has 1 heterocycles. The van der Waals surface area contributed by atoms with Gasteiger partial charge in [0.2, 0.25) is 0 Å². The molecule has 25 heavy (non-hydrogen) atoms. The second-order valence-corrected chi connectivity index (χ2v) is 6.64. The van der Waals surface area contributed by atoms with E-state index in [1.807, 2.05) is 24.4 Å². The molecule has 128 valence electrons. The fourth-order valence-corrected chi connectivity index (χ4v) is 2.97. The molecule has 3 aromatic rings. The Bertz CT molecular complexity index is 894. The zero-order valence-electron chi connectivity index (χ0n) is 13.5. The molecule has 0 aliphatic rings. The second-order valence-electron chi connectivity index (χ2n) is 5.34. The molecule has 3 N–H and O–H groups in total. The van der Waals surface area contributed by atoms with E-state index in [9.17, 15) is 4.79 Å². The average Bonchev–Trinajstić information content (AvgIpc) is 3.04. The van der Waals surface area contributed by atoms with Gasteiger partial charge in [-0.1, -0.05) is 17.7 Å². The molecule has 5 nitrogen and oxygen atoms in total. The Labute approximate surface area is 154 Å². The van der Waals surface area contributed by atoms with Crippen molar-refractivity contribution < 1.29 is 9.53 Å². The van der Waals surface area contributed by atoms with Crippen molar-refractivity contribution in [3.05, 3.63) is 58.4 Å². The number of aromatic nitrogens is 1. The summed E-state index contributed by atoms with van der Waals surface area (Å²) >= 11 is 7.44. The lowest BCUT2D eigenvalue weighted by Crippen LogP contribution is -2.20. The standard InChI is InChI=1S/C18H16ClN3O2S/c1-11-14(19)3-2-4-15(11)21-17(23)9-24-13-7-5-12(6-8-13)16-10-25-18(20)22-16/h2-8,10H,9H2,1H3,(H2,20,22)(H,21,23). The van der Waals surface area contributed by atoms with Crippen LogP contribution in [-0.2, 0) is 4.79 Å². The number of hydrogen-bond acceptors (Lipinski definition) is 5. The zero-order valence-corrected chi connectivity index (χ0v) is 15.0. The fourth-order valence-electron chi connectivity index (χ4n) is 2.22. The molecule has 0 saturated heterocycles. The van der Waals surface area contributed by atoms with Gasteiger partial charge in [-0.25, -0.2) is 4.98 Å². The number of anilines is 2. The van der Waals surface area contributed by atoms with Crippen molar-refractivity contribution in [2.45, 2.75) is 6.92 Å². The summed E-state index contributed by atoms with van der Waals surface area (Å²) < 4.78 is 5.52. The van der Waals surface area contributed by atoms with E-state index in [0.717, 1.165) is 16.8 Å². The molecule has 1 amide bonds. The summed E-state index contributed by atoms with van der Waals surface area (Å²) in [5.74, 6) is 0.353. The number of nitrogen functional groups attached to an aromatic ring is 1. The smallest absolute Gasteiger partial charge is 0.262 e. The first-order valence-corrected chi connectivity index (χ1v) is 8.78. The number of ether oxygens (including phenoxy) is 1. The van der Waals surface area contributed by atoms with Crippen LogP contribution >= 0.6 is 22.9 Å². The number of nitrogens with two attached hydrogens (primary N) is 1. The van der Waals surface area contributed by atoms with Gasteiger partial charge in [-0.05, 0) is 48.9 Å². The molecular weight excluding hydrogens is 358 g/mol. The highest BCUT2D eigenvalue weighted by molar-refractivity contribution is 7.13. The first-order valence-electron chi connectivity index (χ1n) is 7.52. The molecule has 0 fully saturated rings. The summed E-state index contributed by atoms with van der Waals surface area (Å²) in [6.07, 6.45) is 0. The van der Waals surface area contributed by atoms with Gasteiger partial charge in [0.1, 0.15) is 5.75 Å². The van der Waals surface area contributed by atoms with E-state index in [-0.39, 0.29) is 12.5 Å². The lowest BCUT2D eigenvalue weighted by Gasteiger charge is -2.10. The third kappa shape index (κ3) is 4.29. The highest BCUT2D eigenvalue weighted by Crippen LogP contribution is 2.25. The van der Waals surface area contributed by atoms with Gasteiger partial charge in [-0.2, -0.15) is 0 Å². The normalized spacial score (nSPS) is 10.5. The SMILES string of the molecule is Cc1c(Cl)cccc1NC(=O)COc1ccc(-c2csc(N)n2)cc1. The lowest BCUT2D eigenvalue weighted by molar-refractivity contribution is -0.118. The van der Waals surface area contributed by atoms with Crippen molar-refractivity contribution in [2.75, 3.05) is 17.7 Å². The maximum absolute atomic E-state index is 12.0. The molecule has 0 spiro atoms. The largest absolute Gasteiger partial charge is 0.484 e. The summed E-state index contributed by atoms with van der Waals surface area (Å²) in [7, 11) is 0. The quantitative estimate of drug-likeness (QED) is 0.696. The molecule has 0 unspecified atom stereocenters. The molecule has 2 aromatic carbocycles. The topological polar surface area (TPSA) is 77.2 Å². The Morgan fingerprint density at radius 2 is 2.04 bits per heavy atom. The van der Waals surface area contributed by atoms with Gasteiger partial charge >= 0.3 is 0 Å². The third-order valence-electron chi connectivity index (χ3n) is 3.58. The van der Waals surface area contributed by atoms with Gasteiger partial charge in [-0.3, -0.25) is 4.79 Å². The van der Waals surface area contributed by atoms with Crippen molar-refractivity contribution in [1.82, 2.24) is 4.98 Å². The van der Waals surface area contributed by atoms with Gasteiger partial charge < -0.3 is 15.8 Å². The Hall–Kier alpha value is -2.57. The minimum Gasteiger partial charge on any atom is -0.484 e. The van der Waals surface area contributed by atoms with E-state index in [1.54, 1.807) is 30.3 Å². The van der Waals surface area contributed by atoms with E-state index >= 15 is 0 Å². The Kier molecular flexibility index (Phi) is 5.21. The molecule has 0 radical (unpaired) electrons. The van der Waals surface area contributed by atoms with E-state index in [2.05, 4.69) is 10.3 Å². The number of thiazole rings is 1. The number of hydrogen-bond donors (Lipinski definition) is 2. The van der Waals surface area contributed by atoms with Crippen molar-refractivity contribution in [3.8, 4) is 17.0 Å². The molecule has 7 heteroatoms. The van der Waals surface area contributed by atoms with Crippen LogP contribution < -0.4 is 15.8 Å². The van der Waals surface area contributed by atoms with Gasteiger partial charge in [0.05, 0.1) is 5.69 Å². The van der Waals surface area contributed by atoms with Crippen LogP contribution in [-0.4, -0.2) is 17.5 Å². The van der Waals surface area contributed by atoms with Crippen molar-refractivity contribution in [3.63, 3.8) is 0 Å². The number of halogens is 1. The first-order chi connectivity index (χ1) is 12.0. The molecule has 0 atom stereocenters. The number of nitrogens with one attached hydrogen (secondary N) is 1. The van der Waals surface area contributed by atoms with Crippen LogP contribution in [0.25, 0.3) is 11.3 Å². The van der Waals surface area contributed by atoms with E-state index in [1.165, 1.54) is 11.3 Å².